The van der Waals surface area contributed by atoms with E-state index in [1.807, 2.05) is 0 Å². The number of piperidine rings is 1. The van der Waals surface area contributed by atoms with Gasteiger partial charge in [0, 0.05) is 38.0 Å². The molecule has 1 aromatic heterocycles. The predicted molar refractivity (Wildman–Crippen MR) is 160 cm³/mol. The number of rotatable bonds is 10. The summed E-state index contributed by atoms with van der Waals surface area (Å²) in [5.41, 5.74) is 0.967. The van der Waals surface area contributed by atoms with Crippen molar-refractivity contribution in [2.45, 2.75) is 43.9 Å². The van der Waals surface area contributed by atoms with Crippen LogP contribution >= 0.6 is 11.3 Å². The van der Waals surface area contributed by atoms with Crippen LogP contribution in [0.5, 0.6) is 0 Å². The zero-order valence-electron chi connectivity index (χ0n) is 23.7. The van der Waals surface area contributed by atoms with Gasteiger partial charge in [-0.25, -0.2) is 21.8 Å². The number of hydrogen-bond donors (Lipinski definition) is 0. The van der Waals surface area contributed by atoms with Crippen molar-refractivity contribution in [2.75, 3.05) is 50.4 Å². The van der Waals surface area contributed by atoms with E-state index in [1.165, 1.54) is 29.5 Å². The average Bonchev–Trinajstić information content (AvgIpc) is 3.33. The Morgan fingerprint density at radius 2 is 1.55 bits per heavy atom. The molecule has 12 heteroatoms. The summed E-state index contributed by atoms with van der Waals surface area (Å²) in [6, 6.07) is 10.9. The second-order valence-electron chi connectivity index (χ2n) is 10.7. The summed E-state index contributed by atoms with van der Waals surface area (Å²) in [5.74, 6) is 0.292. The lowest BCUT2D eigenvalue weighted by Gasteiger charge is -2.34. The Labute approximate surface area is 241 Å². The highest BCUT2D eigenvalue weighted by molar-refractivity contribution is 7.90. The van der Waals surface area contributed by atoms with Crippen molar-refractivity contribution in [1.29, 1.82) is 0 Å². The Morgan fingerprint density at radius 3 is 2.12 bits per heavy atom. The molecule has 0 saturated carbocycles. The molecule has 0 bridgehead atoms. The summed E-state index contributed by atoms with van der Waals surface area (Å²) in [6.45, 7) is 11.9. The molecule has 40 heavy (non-hydrogen) atoms. The van der Waals surface area contributed by atoms with Crippen molar-refractivity contribution < 1.29 is 21.6 Å². The Bertz CT molecular complexity index is 1550. The molecule has 0 aliphatic carbocycles. The lowest BCUT2D eigenvalue weighted by atomic mass is 9.94. The normalized spacial score (nSPS) is 18.9. The summed E-state index contributed by atoms with van der Waals surface area (Å²) >= 11 is 1.26. The van der Waals surface area contributed by atoms with Crippen molar-refractivity contribution in [3.63, 3.8) is 0 Å². The molecular weight excluding hydrogens is 569 g/mol. The number of benzene rings is 2. The van der Waals surface area contributed by atoms with Crippen LogP contribution in [0.4, 0.5) is 5.13 Å². The van der Waals surface area contributed by atoms with E-state index >= 15 is 0 Å². The van der Waals surface area contributed by atoms with Crippen LogP contribution in [0.15, 0.2) is 52.3 Å². The van der Waals surface area contributed by atoms with Gasteiger partial charge in [0.2, 0.25) is 10.0 Å². The maximum Gasteiger partial charge on any atom is 0.260 e. The molecule has 0 spiro atoms. The molecule has 2 heterocycles. The van der Waals surface area contributed by atoms with Gasteiger partial charge in [0.25, 0.3) is 5.91 Å². The predicted octanol–water partition coefficient (Wildman–Crippen LogP) is 4.36. The first-order chi connectivity index (χ1) is 18.8. The van der Waals surface area contributed by atoms with E-state index in [0.717, 1.165) is 25.8 Å². The number of thiazole rings is 1. The first-order valence-corrected chi connectivity index (χ1v) is 17.7. The van der Waals surface area contributed by atoms with E-state index in [-0.39, 0.29) is 15.7 Å². The Balaban J connectivity index is 1.64. The van der Waals surface area contributed by atoms with Gasteiger partial charge in [-0.05, 0) is 73.8 Å². The smallest absolute Gasteiger partial charge is 0.260 e. The number of carbonyl (C=O) groups excluding carboxylic acids is 1. The van der Waals surface area contributed by atoms with Crippen LogP contribution in [-0.2, 0) is 19.9 Å². The quantitative estimate of drug-likeness (QED) is 0.338. The van der Waals surface area contributed by atoms with Crippen molar-refractivity contribution in [2.24, 2.45) is 11.8 Å². The number of sulfonamides is 1. The van der Waals surface area contributed by atoms with Crippen molar-refractivity contribution in [1.82, 2.24) is 14.2 Å². The van der Waals surface area contributed by atoms with Crippen LogP contribution < -0.4 is 4.90 Å². The highest BCUT2D eigenvalue weighted by Gasteiger charge is 2.32. The second-order valence-corrected chi connectivity index (χ2v) is 15.6. The zero-order valence-corrected chi connectivity index (χ0v) is 26.2. The van der Waals surface area contributed by atoms with E-state index < -0.39 is 19.9 Å². The molecule has 1 amide bonds. The zero-order chi connectivity index (χ0) is 29.2. The van der Waals surface area contributed by atoms with E-state index in [9.17, 15) is 21.6 Å². The molecular formula is C28H38N4O5S3. The van der Waals surface area contributed by atoms with E-state index in [0.29, 0.717) is 58.9 Å². The molecule has 2 atom stereocenters. The number of hydrogen-bond acceptors (Lipinski definition) is 8. The summed E-state index contributed by atoms with van der Waals surface area (Å²) in [7, 11) is -7.05. The van der Waals surface area contributed by atoms with Gasteiger partial charge in [0.05, 0.1) is 20.0 Å². The molecule has 4 rings (SSSR count). The minimum atomic E-state index is -3.66. The number of aromatic nitrogens is 1. The van der Waals surface area contributed by atoms with Crippen LogP contribution in [0.3, 0.4) is 0 Å². The third-order valence-corrected chi connectivity index (χ3v) is 11.4. The van der Waals surface area contributed by atoms with Gasteiger partial charge in [-0.2, -0.15) is 4.31 Å². The first-order valence-electron chi connectivity index (χ1n) is 13.6. The van der Waals surface area contributed by atoms with Gasteiger partial charge in [0.1, 0.15) is 0 Å². The monoisotopic (exact) mass is 606 g/mol. The van der Waals surface area contributed by atoms with Gasteiger partial charge in [0.15, 0.2) is 15.0 Å². The summed E-state index contributed by atoms with van der Waals surface area (Å²) in [4.78, 5) is 22.6. The van der Waals surface area contributed by atoms with E-state index in [2.05, 4.69) is 37.6 Å². The third kappa shape index (κ3) is 6.73. The standard InChI is InChI=1S/C28H38N4O5S3/c1-6-30(7-2)14-15-32(28-29-25-13-12-24(39(5,34)35)17-26(25)38-28)27(33)22-8-10-23(11-9-22)40(36,37)31-18-20(3)16-21(4)19-31/h8-13,17,20-21H,6-7,14-16,18-19H2,1-5H3. The molecule has 0 N–H and O–H groups in total. The van der Waals surface area contributed by atoms with Gasteiger partial charge in [-0.3, -0.25) is 9.69 Å². The van der Waals surface area contributed by atoms with Crippen molar-refractivity contribution in [3.8, 4) is 0 Å². The summed E-state index contributed by atoms with van der Waals surface area (Å²) in [5, 5.41) is 0.464. The lowest BCUT2D eigenvalue weighted by molar-refractivity contribution is 0.0983. The highest BCUT2D eigenvalue weighted by atomic mass is 32.2. The molecule has 1 aliphatic rings. The number of nitrogens with zero attached hydrogens (tertiary/aromatic N) is 4. The summed E-state index contributed by atoms with van der Waals surface area (Å²) < 4.78 is 53.0. The maximum absolute atomic E-state index is 13.8. The fourth-order valence-electron chi connectivity index (χ4n) is 5.18. The highest BCUT2D eigenvalue weighted by Crippen LogP contribution is 2.32. The lowest BCUT2D eigenvalue weighted by Crippen LogP contribution is -2.42. The van der Waals surface area contributed by atoms with Crippen molar-refractivity contribution >= 4 is 52.5 Å². The minimum absolute atomic E-state index is 0.174. The van der Waals surface area contributed by atoms with Gasteiger partial charge in [-0.15, -0.1) is 0 Å². The van der Waals surface area contributed by atoms with Crippen molar-refractivity contribution in [3.05, 3.63) is 48.0 Å². The second kappa shape index (κ2) is 12.2. The van der Waals surface area contributed by atoms with Gasteiger partial charge < -0.3 is 4.90 Å². The number of amides is 1. The maximum atomic E-state index is 13.8. The number of fused-ring (bicyclic) bond motifs is 1. The summed E-state index contributed by atoms with van der Waals surface area (Å²) in [6.07, 6.45) is 2.16. The molecule has 2 aromatic carbocycles. The van der Waals surface area contributed by atoms with Crippen LogP contribution in [0.25, 0.3) is 10.2 Å². The fraction of sp³-hybridized carbons (Fsp3) is 0.500. The topological polar surface area (TPSA) is 108 Å². The van der Waals surface area contributed by atoms with Crippen LogP contribution in [0.1, 0.15) is 44.5 Å². The Morgan fingerprint density at radius 1 is 0.950 bits per heavy atom. The number of sulfone groups is 1. The first kappa shape index (κ1) is 30.6. The molecule has 3 aromatic rings. The fourth-order valence-corrected chi connectivity index (χ4v) is 8.61. The third-order valence-electron chi connectivity index (χ3n) is 7.36. The average molecular weight is 607 g/mol. The number of likely N-dealkylation sites (N-methyl/N-ethyl adjacent to an activating group) is 1. The van der Waals surface area contributed by atoms with Gasteiger partial charge >= 0.3 is 0 Å². The molecule has 2 unspecified atom stereocenters. The Kier molecular flexibility index (Phi) is 9.35. The van der Waals surface area contributed by atoms with E-state index in [4.69, 9.17) is 0 Å². The molecule has 1 saturated heterocycles. The number of anilines is 1. The van der Waals surface area contributed by atoms with Crippen LogP contribution in [-0.4, -0.2) is 82.5 Å². The number of carbonyl (C=O) groups is 1. The van der Waals surface area contributed by atoms with Crippen LogP contribution in [0.2, 0.25) is 0 Å². The van der Waals surface area contributed by atoms with E-state index in [1.54, 1.807) is 33.5 Å². The Hall–Kier alpha value is -2.38. The molecule has 1 aliphatic heterocycles. The SMILES string of the molecule is CCN(CC)CCN(C(=O)c1ccc(S(=O)(=O)N2CC(C)CC(C)C2)cc1)c1nc2ccc(S(C)(=O)=O)cc2s1. The largest absolute Gasteiger partial charge is 0.302 e. The molecule has 0 radical (unpaired) electrons. The molecule has 9 nitrogen and oxygen atoms in total. The van der Waals surface area contributed by atoms with Gasteiger partial charge in [-0.1, -0.05) is 39.0 Å². The molecule has 218 valence electrons. The van der Waals surface area contributed by atoms with Crippen LogP contribution in [0, 0.1) is 11.8 Å². The molecule has 1 fully saturated rings. The minimum Gasteiger partial charge on any atom is -0.302 e.